The second-order valence-corrected chi connectivity index (χ2v) is 8.20. The van der Waals surface area contributed by atoms with Gasteiger partial charge in [0, 0.05) is 30.4 Å². The first-order valence-electron chi connectivity index (χ1n) is 10.7. The Labute approximate surface area is 173 Å². The molecule has 0 bridgehead atoms. The van der Waals surface area contributed by atoms with E-state index in [1.165, 1.54) is 19.3 Å². The van der Waals surface area contributed by atoms with E-state index in [-0.39, 0.29) is 11.5 Å². The highest BCUT2D eigenvalue weighted by Gasteiger charge is 2.22. The average molecular weight is 403 g/mol. The summed E-state index contributed by atoms with van der Waals surface area (Å²) in [5, 5.41) is 2.99. The first-order chi connectivity index (χ1) is 14.7. The van der Waals surface area contributed by atoms with Gasteiger partial charge in [0.05, 0.1) is 17.2 Å². The Morgan fingerprint density at radius 2 is 2.07 bits per heavy atom. The van der Waals surface area contributed by atoms with Crippen LogP contribution in [-0.4, -0.2) is 33.0 Å². The zero-order chi connectivity index (χ0) is 20.5. The van der Waals surface area contributed by atoms with Crippen LogP contribution in [0.1, 0.15) is 67.0 Å². The Kier molecular flexibility index (Phi) is 4.94. The van der Waals surface area contributed by atoms with E-state index >= 15 is 0 Å². The molecule has 2 aromatic heterocycles. The van der Waals surface area contributed by atoms with Crippen LogP contribution in [0.15, 0.2) is 46.0 Å². The summed E-state index contributed by atoms with van der Waals surface area (Å²) in [5.74, 6) is 1.15. The van der Waals surface area contributed by atoms with Gasteiger partial charge >= 0.3 is 0 Å². The van der Waals surface area contributed by atoms with Crippen LogP contribution in [0.25, 0.3) is 16.6 Å². The molecule has 0 unspecified atom stereocenters. The number of hydrogen-bond donors (Lipinski definition) is 2. The molecule has 1 aliphatic heterocycles. The highest BCUT2D eigenvalue weighted by molar-refractivity contribution is 5.97. The van der Waals surface area contributed by atoms with Gasteiger partial charge in [0.15, 0.2) is 0 Å². The molecule has 7 heteroatoms. The van der Waals surface area contributed by atoms with Gasteiger partial charge in [0.1, 0.15) is 11.3 Å². The predicted octanol–water partition coefficient (Wildman–Crippen LogP) is 3.70. The van der Waals surface area contributed by atoms with Crippen LogP contribution >= 0.6 is 0 Å². The smallest absolute Gasteiger partial charge is 0.274 e. The Balaban J connectivity index is 1.53. The normalized spacial score (nSPS) is 17.4. The molecule has 2 N–H and O–H groups in total. The molecule has 1 saturated carbocycles. The summed E-state index contributed by atoms with van der Waals surface area (Å²) < 4.78 is 1.96. The third-order valence-corrected chi connectivity index (χ3v) is 6.17. The van der Waals surface area contributed by atoms with Gasteiger partial charge in [0.25, 0.3) is 11.5 Å². The molecular formula is C23H25N5O2. The lowest BCUT2D eigenvalue weighted by molar-refractivity contribution is 0.0957. The summed E-state index contributed by atoms with van der Waals surface area (Å²) in [6, 6.07) is 5.42. The van der Waals surface area contributed by atoms with Gasteiger partial charge < -0.3 is 10.3 Å². The highest BCUT2D eigenvalue weighted by atomic mass is 16.1. The van der Waals surface area contributed by atoms with E-state index in [1.54, 1.807) is 18.3 Å². The number of amides is 1. The summed E-state index contributed by atoms with van der Waals surface area (Å²) >= 11 is 0. The minimum absolute atomic E-state index is 0.133. The van der Waals surface area contributed by atoms with Crippen molar-refractivity contribution in [3.05, 3.63) is 57.9 Å². The van der Waals surface area contributed by atoms with Gasteiger partial charge in [-0.2, -0.15) is 0 Å². The standard InChI is InChI=1S/C23H25N5O2/c29-22(26-13-15-5-4-10-24-12-15)17-8-9-18-19(11-17)28-20(23(30)27-18)14-25-21(28)16-6-2-1-3-7-16/h8-12,14,16H,1-7,13H2,(H,26,29)(H,27,30). The van der Waals surface area contributed by atoms with Crippen LogP contribution in [0, 0.1) is 0 Å². The number of carbonyl (C=O) groups excluding carboxylic acids is 1. The van der Waals surface area contributed by atoms with Gasteiger partial charge in [-0.05, 0) is 49.5 Å². The zero-order valence-electron chi connectivity index (χ0n) is 16.9. The van der Waals surface area contributed by atoms with E-state index in [0.29, 0.717) is 29.1 Å². The van der Waals surface area contributed by atoms with E-state index in [1.807, 2.05) is 22.9 Å². The van der Waals surface area contributed by atoms with E-state index in [9.17, 15) is 9.59 Å². The topological polar surface area (TPSA) is 91.6 Å². The predicted molar refractivity (Wildman–Crippen MR) is 117 cm³/mol. The Bertz CT molecular complexity index is 1230. The second kappa shape index (κ2) is 7.89. The lowest BCUT2D eigenvalue weighted by Gasteiger charge is -2.21. The Morgan fingerprint density at radius 1 is 1.20 bits per heavy atom. The van der Waals surface area contributed by atoms with Crippen molar-refractivity contribution >= 4 is 28.7 Å². The maximum absolute atomic E-state index is 12.8. The number of aromatic amines is 1. The van der Waals surface area contributed by atoms with Crippen molar-refractivity contribution in [2.24, 2.45) is 4.99 Å². The van der Waals surface area contributed by atoms with Gasteiger partial charge in [-0.3, -0.25) is 19.0 Å². The Morgan fingerprint density at radius 3 is 2.87 bits per heavy atom. The van der Waals surface area contributed by atoms with Crippen LogP contribution in [0.3, 0.4) is 0 Å². The fourth-order valence-corrected chi connectivity index (χ4v) is 4.56. The number of aliphatic imine (C=N–C) groups is 1. The lowest BCUT2D eigenvalue weighted by atomic mass is 9.88. The van der Waals surface area contributed by atoms with E-state index in [4.69, 9.17) is 0 Å². The number of nitrogens with one attached hydrogen (secondary N) is 2. The molecule has 5 rings (SSSR count). The zero-order valence-corrected chi connectivity index (χ0v) is 16.9. The summed E-state index contributed by atoms with van der Waals surface area (Å²) in [7, 11) is 0. The third-order valence-electron chi connectivity index (χ3n) is 6.17. The minimum atomic E-state index is -0.154. The number of H-pyrrole nitrogens is 1. The molecule has 0 atom stereocenters. The summed E-state index contributed by atoms with van der Waals surface area (Å²) in [4.78, 5) is 37.1. The van der Waals surface area contributed by atoms with Crippen molar-refractivity contribution in [3.8, 4) is 0 Å². The molecule has 30 heavy (non-hydrogen) atoms. The number of hydrogen-bond acceptors (Lipinski definition) is 4. The summed E-state index contributed by atoms with van der Waals surface area (Å²) in [5.41, 5.74) is 3.59. The van der Waals surface area contributed by atoms with Crippen LogP contribution in [0.4, 0.5) is 0 Å². The number of imidazole rings is 1. The maximum Gasteiger partial charge on any atom is 0.274 e. The minimum Gasteiger partial charge on any atom is -0.348 e. The molecule has 1 aliphatic carbocycles. The van der Waals surface area contributed by atoms with Crippen LogP contribution < -0.4 is 10.9 Å². The number of aromatic nitrogens is 3. The molecule has 1 fully saturated rings. The molecule has 0 spiro atoms. The van der Waals surface area contributed by atoms with Crippen molar-refractivity contribution in [1.82, 2.24) is 19.7 Å². The van der Waals surface area contributed by atoms with Crippen molar-refractivity contribution in [3.63, 3.8) is 0 Å². The molecule has 0 saturated heterocycles. The average Bonchev–Trinajstić information content (AvgIpc) is 3.25. The number of nitrogens with zero attached hydrogens (tertiary/aromatic N) is 3. The molecule has 1 aromatic carbocycles. The first-order valence-corrected chi connectivity index (χ1v) is 10.7. The van der Waals surface area contributed by atoms with Crippen LogP contribution in [0.2, 0.25) is 0 Å². The Hall–Kier alpha value is -3.22. The van der Waals surface area contributed by atoms with Crippen molar-refractivity contribution < 1.29 is 4.79 Å². The summed E-state index contributed by atoms with van der Waals surface area (Å²) in [6.07, 6.45) is 13.0. The fourth-order valence-electron chi connectivity index (χ4n) is 4.56. The first kappa shape index (κ1) is 18.8. The van der Waals surface area contributed by atoms with E-state index in [0.717, 1.165) is 42.6 Å². The SMILES string of the molecule is O=C(NCC1=CN=CCC1)c1ccc2[nH]c(=O)c3cnc(C4CCCCC4)n3c2c1. The maximum atomic E-state index is 12.8. The third kappa shape index (κ3) is 3.44. The molecule has 3 heterocycles. The second-order valence-electron chi connectivity index (χ2n) is 8.20. The number of rotatable bonds is 4. The van der Waals surface area contributed by atoms with Crippen LogP contribution in [0.5, 0.6) is 0 Å². The van der Waals surface area contributed by atoms with Crippen molar-refractivity contribution in [2.45, 2.75) is 50.9 Å². The van der Waals surface area contributed by atoms with E-state index in [2.05, 4.69) is 20.3 Å². The number of fused-ring (bicyclic) bond motifs is 3. The number of benzene rings is 1. The molecule has 3 aromatic rings. The molecule has 1 amide bonds. The van der Waals surface area contributed by atoms with E-state index < -0.39 is 0 Å². The lowest BCUT2D eigenvalue weighted by Crippen LogP contribution is -2.26. The monoisotopic (exact) mass is 403 g/mol. The molecular weight excluding hydrogens is 378 g/mol. The molecule has 7 nitrogen and oxygen atoms in total. The number of carbonyl (C=O) groups is 1. The molecule has 154 valence electrons. The van der Waals surface area contributed by atoms with Crippen molar-refractivity contribution in [1.29, 1.82) is 0 Å². The molecule has 0 radical (unpaired) electrons. The van der Waals surface area contributed by atoms with Crippen LogP contribution in [-0.2, 0) is 0 Å². The molecule has 2 aliphatic rings. The largest absolute Gasteiger partial charge is 0.348 e. The highest BCUT2D eigenvalue weighted by Crippen LogP contribution is 2.33. The summed E-state index contributed by atoms with van der Waals surface area (Å²) in [6.45, 7) is 0.494. The van der Waals surface area contributed by atoms with Gasteiger partial charge in [-0.25, -0.2) is 4.98 Å². The quantitative estimate of drug-likeness (QED) is 0.696. The van der Waals surface area contributed by atoms with Crippen molar-refractivity contribution in [2.75, 3.05) is 6.54 Å². The van der Waals surface area contributed by atoms with Gasteiger partial charge in [0.2, 0.25) is 0 Å². The fraction of sp³-hybridized carbons (Fsp3) is 0.391. The van der Waals surface area contributed by atoms with Gasteiger partial charge in [-0.1, -0.05) is 19.3 Å². The van der Waals surface area contributed by atoms with Gasteiger partial charge in [-0.15, -0.1) is 0 Å².